The number of aliphatic hydroxyl groups excluding tert-OH is 1. The molecule has 19 heteroatoms. The number of aliphatic hydroxyl groups is 1. The third-order valence-electron chi connectivity index (χ3n) is 20.4. The molecule has 0 heterocycles. The number of rotatable bonds is 85. The molecule has 0 radical (unpaired) electrons. The van der Waals surface area contributed by atoms with E-state index in [-0.39, 0.29) is 25.7 Å². The largest absolute Gasteiger partial charge is 0.472 e. The van der Waals surface area contributed by atoms with Crippen molar-refractivity contribution >= 4 is 39.5 Å². The minimum atomic E-state index is -4.96. The smallest absolute Gasteiger partial charge is 0.462 e. The first-order valence-corrected chi connectivity index (χ1v) is 47.2. The Hall–Kier alpha value is -1.94. The van der Waals surface area contributed by atoms with E-state index in [1.165, 1.54) is 283 Å². The highest BCUT2D eigenvalue weighted by Gasteiger charge is 2.30. The van der Waals surface area contributed by atoms with Crippen LogP contribution in [0.2, 0.25) is 0 Å². The van der Waals surface area contributed by atoms with Gasteiger partial charge in [0.25, 0.3) is 0 Å². The van der Waals surface area contributed by atoms with Crippen LogP contribution in [0.5, 0.6) is 0 Å². The molecule has 6 atom stereocenters. The first kappa shape index (κ1) is 102. The van der Waals surface area contributed by atoms with E-state index in [1.807, 2.05) is 0 Å². The average molecular weight is 1520 g/mol. The number of unbranched alkanes of at least 4 members (excludes halogenated alkanes) is 56. The predicted octanol–water partition coefficient (Wildman–Crippen LogP) is 26.0. The Kier molecular flexibility index (Phi) is 76.3. The zero-order chi connectivity index (χ0) is 76.2. The lowest BCUT2D eigenvalue weighted by Crippen LogP contribution is -2.30. The summed E-state index contributed by atoms with van der Waals surface area (Å²) < 4.78 is 68.9. The van der Waals surface area contributed by atoms with E-state index in [1.54, 1.807) is 0 Å². The second-order valence-electron chi connectivity index (χ2n) is 30.8. The zero-order valence-corrected chi connectivity index (χ0v) is 70.0. The fourth-order valence-electron chi connectivity index (χ4n) is 13.3. The van der Waals surface area contributed by atoms with Crippen molar-refractivity contribution in [3.8, 4) is 0 Å². The molecule has 0 saturated heterocycles. The summed E-state index contributed by atoms with van der Waals surface area (Å²) in [4.78, 5) is 73.2. The molecule has 0 aromatic rings. The van der Waals surface area contributed by atoms with Crippen LogP contribution in [-0.2, 0) is 65.4 Å². The first-order chi connectivity index (χ1) is 50.6. The highest BCUT2D eigenvalue weighted by atomic mass is 31.2. The van der Waals surface area contributed by atoms with Gasteiger partial charge in [-0.3, -0.25) is 37.3 Å². The normalized spacial score (nSPS) is 14.0. The number of hydrogen-bond donors (Lipinski definition) is 3. The van der Waals surface area contributed by atoms with Crippen LogP contribution in [0.15, 0.2) is 0 Å². The number of ether oxygens (including phenoxy) is 4. The zero-order valence-electron chi connectivity index (χ0n) is 68.2. The number of phosphoric acid groups is 2. The van der Waals surface area contributed by atoms with Gasteiger partial charge < -0.3 is 33.8 Å². The summed E-state index contributed by atoms with van der Waals surface area (Å²) in [6.45, 7) is 7.43. The topological polar surface area (TPSA) is 237 Å². The van der Waals surface area contributed by atoms with Gasteiger partial charge in [-0.25, -0.2) is 9.13 Å². The fraction of sp³-hybridized carbons (Fsp3) is 0.953. The van der Waals surface area contributed by atoms with Crippen LogP contribution in [0.1, 0.15) is 458 Å². The minimum Gasteiger partial charge on any atom is -0.462 e. The molecule has 0 saturated carbocycles. The molecule has 0 rings (SSSR count). The predicted molar refractivity (Wildman–Crippen MR) is 428 cm³/mol. The van der Waals surface area contributed by atoms with Crippen molar-refractivity contribution in [2.24, 2.45) is 5.92 Å². The van der Waals surface area contributed by atoms with Gasteiger partial charge in [0.2, 0.25) is 0 Å². The van der Waals surface area contributed by atoms with Crippen molar-refractivity contribution in [1.29, 1.82) is 0 Å². The van der Waals surface area contributed by atoms with Gasteiger partial charge in [-0.2, -0.15) is 0 Å². The molecule has 0 aromatic carbocycles. The third kappa shape index (κ3) is 76.8. The van der Waals surface area contributed by atoms with E-state index in [9.17, 15) is 43.2 Å². The molecule has 3 N–H and O–H groups in total. The molecule has 0 spiro atoms. The summed E-state index contributed by atoms with van der Waals surface area (Å²) >= 11 is 0. The summed E-state index contributed by atoms with van der Waals surface area (Å²) in [5.41, 5.74) is 0. The second kappa shape index (κ2) is 77.8. The number of carbonyl (C=O) groups excluding carboxylic acids is 4. The average Bonchev–Trinajstić information content (AvgIpc) is 0.905. The number of hydrogen-bond acceptors (Lipinski definition) is 15. The highest BCUT2D eigenvalue weighted by molar-refractivity contribution is 7.47. The van der Waals surface area contributed by atoms with Crippen molar-refractivity contribution in [3.05, 3.63) is 0 Å². The summed E-state index contributed by atoms with van der Waals surface area (Å²) in [6, 6.07) is 0. The number of esters is 4. The molecule has 17 nitrogen and oxygen atoms in total. The van der Waals surface area contributed by atoms with Crippen molar-refractivity contribution in [3.63, 3.8) is 0 Å². The Morgan fingerprint density at radius 2 is 0.462 bits per heavy atom. The van der Waals surface area contributed by atoms with Gasteiger partial charge in [0.05, 0.1) is 26.4 Å². The molecule has 0 aromatic heterocycles. The molecule has 0 aliphatic carbocycles. The minimum absolute atomic E-state index is 0.109. The van der Waals surface area contributed by atoms with Crippen molar-refractivity contribution in [2.45, 2.75) is 477 Å². The molecule has 618 valence electrons. The summed E-state index contributed by atoms with van der Waals surface area (Å²) in [5, 5.41) is 10.7. The Morgan fingerprint density at radius 3 is 0.683 bits per heavy atom. The van der Waals surface area contributed by atoms with Crippen LogP contribution < -0.4 is 0 Å². The van der Waals surface area contributed by atoms with Crippen molar-refractivity contribution in [2.75, 3.05) is 39.6 Å². The lowest BCUT2D eigenvalue weighted by molar-refractivity contribution is -0.161. The highest BCUT2D eigenvalue weighted by Crippen LogP contribution is 2.45. The van der Waals surface area contributed by atoms with Gasteiger partial charge >= 0.3 is 39.5 Å². The Bertz CT molecular complexity index is 1980. The van der Waals surface area contributed by atoms with E-state index >= 15 is 0 Å². The molecule has 0 amide bonds. The fourth-order valence-corrected chi connectivity index (χ4v) is 14.8. The Balaban J connectivity index is 5.27. The van der Waals surface area contributed by atoms with Crippen LogP contribution >= 0.6 is 15.6 Å². The third-order valence-corrected chi connectivity index (χ3v) is 22.3. The second-order valence-corrected chi connectivity index (χ2v) is 33.7. The van der Waals surface area contributed by atoms with Gasteiger partial charge in [0.15, 0.2) is 12.2 Å². The Labute approximate surface area is 638 Å². The molecular weight excluding hydrogens is 1350 g/mol. The lowest BCUT2D eigenvalue weighted by atomic mass is 9.99. The summed E-state index contributed by atoms with van der Waals surface area (Å²) in [5.74, 6) is -1.25. The van der Waals surface area contributed by atoms with E-state index in [2.05, 4.69) is 34.6 Å². The monoisotopic (exact) mass is 1520 g/mol. The standard InChI is InChI=1S/C85H166O17P2/c1-6-10-13-16-19-22-25-28-30-32-34-39-44-49-54-59-64-69-83(88)96-75-81(102-85(90)71-66-61-56-51-46-41-36-35-38-42-47-52-57-62-67-78(5)9-4)77-100-104(93,94)98-73-79(86)72-97-103(91,92)99-76-80(74-95-82(87)68-63-58-53-48-43-37-27-24-21-18-15-12-8-3)101-84(89)70-65-60-55-50-45-40-33-31-29-26-23-20-17-14-11-7-2/h78-81,86H,6-77H2,1-5H3,(H,91,92)(H,93,94)/t78?,79-,80+,81+/m0/s1. The van der Waals surface area contributed by atoms with Crippen LogP contribution in [0.25, 0.3) is 0 Å². The Morgan fingerprint density at radius 1 is 0.269 bits per heavy atom. The summed E-state index contributed by atoms with van der Waals surface area (Å²) in [7, 11) is -9.93. The van der Waals surface area contributed by atoms with Crippen molar-refractivity contribution < 1.29 is 80.2 Å². The number of phosphoric ester groups is 2. The van der Waals surface area contributed by atoms with Crippen LogP contribution in [-0.4, -0.2) is 96.7 Å². The summed E-state index contributed by atoms with van der Waals surface area (Å²) in [6.07, 6.45) is 70.5. The van der Waals surface area contributed by atoms with Crippen LogP contribution in [0.4, 0.5) is 0 Å². The maximum Gasteiger partial charge on any atom is 0.472 e. The number of carbonyl (C=O) groups is 4. The van der Waals surface area contributed by atoms with E-state index < -0.39 is 97.5 Å². The van der Waals surface area contributed by atoms with Gasteiger partial charge in [0, 0.05) is 25.7 Å². The quantitative estimate of drug-likeness (QED) is 0.0222. The molecular formula is C85H166O17P2. The molecule has 0 aliphatic rings. The maximum atomic E-state index is 13.1. The van der Waals surface area contributed by atoms with E-state index in [4.69, 9.17) is 37.0 Å². The van der Waals surface area contributed by atoms with Crippen molar-refractivity contribution in [1.82, 2.24) is 0 Å². The van der Waals surface area contributed by atoms with Gasteiger partial charge in [-0.1, -0.05) is 407 Å². The molecule has 0 fully saturated rings. The lowest BCUT2D eigenvalue weighted by Gasteiger charge is -2.21. The van der Waals surface area contributed by atoms with Crippen LogP contribution in [0.3, 0.4) is 0 Å². The molecule has 0 bridgehead atoms. The SMILES string of the molecule is CCCCCCCCCCCCCCCCCCCC(=O)OC[C@H](COP(=O)(O)OC[C@@H](O)COP(=O)(O)OC[C@@H](COC(=O)CCCCCCCCCCCCCCC)OC(=O)CCCCCCCCCCCCCCCCCC)OC(=O)CCCCCCCCCCCCCCCCC(C)CC. The van der Waals surface area contributed by atoms with Crippen LogP contribution in [0, 0.1) is 5.92 Å². The van der Waals surface area contributed by atoms with Gasteiger partial charge in [-0.15, -0.1) is 0 Å². The maximum absolute atomic E-state index is 13.1. The van der Waals surface area contributed by atoms with E-state index in [0.717, 1.165) is 95.8 Å². The first-order valence-electron chi connectivity index (χ1n) is 44.2. The molecule has 0 aliphatic heterocycles. The van der Waals surface area contributed by atoms with Gasteiger partial charge in [-0.05, 0) is 31.6 Å². The molecule has 104 heavy (non-hydrogen) atoms. The molecule has 3 unspecified atom stereocenters. The van der Waals surface area contributed by atoms with Gasteiger partial charge in [0.1, 0.15) is 19.3 Å². The van der Waals surface area contributed by atoms with E-state index in [0.29, 0.717) is 25.7 Å².